The average Bonchev–Trinajstić information content (AvgIpc) is 3.52. The Bertz CT molecular complexity index is 832. The fourth-order valence-corrected chi connectivity index (χ4v) is 4.28. The minimum atomic E-state index is -0.747. The zero-order valence-corrected chi connectivity index (χ0v) is 16.3. The Labute approximate surface area is 171 Å². The molecule has 148 valence electrons. The van der Waals surface area contributed by atoms with Gasteiger partial charge in [0.2, 0.25) is 0 Å². The van der Waals surface area contributed by atoms with E-state index in [0.29, 0.717) is 6.61 Å². The lowest BCUT2D eigenvalue weighted by Crippen LogP contribution is -2.37. The summed E-state index contributed by atoms with van der Waals surface area (Å²) in [7, 11) is 1.65. The van der Waals surface area contributed by atoms with Crippen LogP contribution in [0.1, 0.15) is 16.7 Å². The molecular formula is C25H24O4. The second kappa shape index (κ2) is 7.73. The van der Waals surface area contributed by atoms with E-state index in [1.807, 2.05) is 54.6 Å². The summed E-state index contributed by atoms with van der Waals surface area (Å²) in [6.07, 6.45) is -0.401. The number of hydrogen-bond acceptors (Lipinski definition) is 4. The number of benzene rings is 3. The van der Waals surface area contributed by atoms with E-state index in [2.05, 4.69) is 36.4 Å². The van der Waals surface area contributed by atoms with Crippen molar-refractivity contribution in [2.75, 3.05) is 13.7 Å². The molecule has 0 spiro atoms. The molecule has 2 aliphatic rings. The van der Waals surface area contributed by atoms with Crippen molar-refractivity contribution in [2.24, 2.45) is 0 Å². The van der Waals surface area contributed by atoms with E-state index < -0.39 is 5.60 Å². The van der Waals surface area contributed by atoms with E-state index in [-0.39, 0.29) is 24.6 Å². The maximum Gasteiger partial charge on any atom is 0.186 e. The lowest BCUT2D eigenvalue weighted by Gasteiger charge is -2.36. The minimum Gasteiger partial charge on any atom is -0.361 e. The zero-order chi connectivity index (χ0) is 19.7. The molecule has 0 unspecified atom stereocenters. The molecular weight excluding hydrogens is 364 g/mol. The molecule has 0 aliphatic carbocycles. The third-order valence-corrected chi connectivity index (χ3v) is 5.74. The number of methoxy groups -OCH3 is 1. The highest BCUT2D eigenvalue weighted by atomic mass is 16.8. The van der Waals surface area contributed by atoms with Crippen LogP contribution in [0.4, 0.5) is 0 Å². The maximum atomic E-state index is 6.80. The Kier molecular flexibility index (Phi) is 4.94. The molecule has 0 aromatic heterocycles. The Morgan fingerprint density at radius 3 is 1.59 bits per heavy atom. The summed E-state index contributed by atoms with van der Waals surface area (Å²) in [6.45, 7) is 0.402. The van der Waals surface area contributed by atoms with Crippen molar-refractivity contribution in [1.82, 2.24) is 0 Å². The maximum absolute atomic E-state index is 6.80. The smallest absolute Gasteiger partial charge is 0.186 e. The van der Waals surface area contributed by atoms with Crippen LogP contribution in [-0.2, 0) is 24.5 Å². The summed E-state index contributed by atoms with van der Waals surface area (Å²) in [5.74, 6) is 0. The lowest BCUT2D eigenvalue weighted by molar-refractivity contribution is -0.178. The number of fused-ring (bicyclic) bond motifs is 1. The molecule has 0 amide bonds. The minimum absolute atomic E-state index is 0.0215. The molecule has 2 saturated heterocycles. The normalized spacial score (nSPS) is 25.6. The van der Waals surface area contributed by atoms with Gasteiger partial charge in [-0.2, -0.15) is 0 Å². The molecule has 3 aromatic carbocycles. The fourth-order valence-electron chi connectivity index (χ4n) is 4.28. The van der Waals surface area contributed by atoms with Crippen LogP contribution in [0.3, 0.4) is 0 Å². The van der Waals surface area contributed by atoms with Crippen molar-refractivity contribution >= 4 is 0 Å². The molecule has 0 bridgehead atoms. The van der Waals surface area contributed by atoms with Crippen molar-refractivity contribution in [1.29, 1.82) is 0 Å². The molecule has 3 aromatic rings. The largest absolute Gasteiger partial charge is 0.361 e. The van der Waals surface area contributed by atoms with Crippen LogP contribution < -0.4 is 0 Å². The van der Waals surface area contributed by atoms with Crippen molar-refractivity contribution in [3.05, 3.63) is 108 Å². The molecule has 4 nitrogen and oxygen atoms in total. The molecule has 0 N–H and O–H groups in total. The van der Waals surface area contributed by atoms with Crippen molar-refractivity contribution in [3.8, 4) is 0 Å². The van der Waals surface area contributed by atoms with E-state index in [0.717, 1.165) is 16.7 Å². The zero-order valence-electron chi connectivity index (χ0n) is 16.3. The third kappa shape index (κ3) is 3.28. The van der Waals surface area contributed by atoms with Crippen LogP contribution in [0.15, 0.2) is 91.0 Å². The Balaban J connectivity index is 1.57. The molecule has 4 heteroatoms. The molecule has 5 rings (SSSR count). The first-order valence-corrected chi connectivity index (χ1v) is 9.97. The Morgan fingerprint density at radius 2 is 1.17 bits per heavy atom. The first-order valence-electron chi connectivity index (χ1n) is 9.97. The van der Waals surface area contributed by atoms with Crippen molar-refractivity contribution in [2.45, 2.75) is 30.2 Å². The monoisotopic (exact) mass is 388 g/mol. The van der Waals surface area contributed by atoms with Gasteiger partial charge in [0, 0.05) is 7.11 Å². The van der Waals surface area contributed by atoms with Crippen molar-refractivity contribution in [3.63, 3.8) is 0 Å². The van der Waals surface area contributed by atoms with Gasteiger partial charge in [0.15, 0.2) is 6.29 Å². The molecule has 2 heterocycles. The lowest BCUT2D eigenvalue weighted by atomic mass is 9.80. The summed E-state index contributed by atoms with van der Waals surface area (Å²) in [5.41, 5.74) is 2.48. The summed E-state index contributed by atoms with van der Waals surface area (Å²) in [5, 5.41) is 0. The van der Waals surface area contributed by atoms with E-state index in [9.17, 15) is 0 Å². The molecule has 0 radical (unpaired) electrons. The average molecular weight is 388 g/mol. The van der Waals surface area contributed by atoms with Crippen molar-refractivity contribution < 1.29 is 18.9 Å². The quantitative estimate of drug-likeness (QED) is 0.451. The number of hydrogen-bond donors (Lipinski definition) is 0. The SMILES string of the molecule is CO[C@@H]1O[C@@H](COC(c2ccccc2)(c2ccccc2)c2ccccc2)[C@@H]2O[C@H]12. The first-order chi connectivity index (χ1) is 14.3. The summed E-state index contributed by atoms with van der Waals surface area (Å²) in [6, 6.07) is 31.0. The Morgan fingerprint density at radius 1 is 0.690 bits per heavy atom. The topological polar surface area (TPSA) is 40.2 Å². The summed E-state index contributed by atoms with van der Waals surface area (Å²) < 4.78 is 23.9. The predicted molar refractivity (Wildman–Crippen MR) is 109 cm³/mol. The number of rotatable bonds is 7. The molecule has 0 saturated carbocycles. The molecule has 2 fully saturated rings. The van der Waals surface area contributed by atoms with Crippen LogP contribution >= 0.6 is 0 Å². The van der Waals surface area contributed by atoms with Crippen LogP contribution in [0.5, 0.6) is 0 Å². The van der Waals surface area contributed by atoms with Gasteiger partial charge in [0.25, 0.3) is 0 Å². The van der Waals surface area contributed by atoms with E-state index >= 15 is 0 Å². The van der Waals surface area contributed by atoms with Crippen LogP contribution in [-0.4, -0.2) is 38.3 Å². The summed E-state index contributed by atoms with van der Waals surface area (Å²) >= 11 is 0. The van der Waals surface area contributed by atoms with Gasteiger partial charge in [-0.25, -0.2) is 0 Å². The van der Waals surface area contributed by atoms with Gasteiger partial charge in [-0.15, -0.1) is 0 Å². The highest BCUT2D eigenvalue weighted by molar-refractivity contribution is 5.47. The van der Waals surface area contributed by atoms with E-state index in [4.69, 9.17) is 18.9 Å². The van der Waals surface area contributed by atoms with E-state index in [1.165, 1.54) is 0 Å². The van der Waals surface area contributed by atoms with E-state index in [1.54, 1.807) is 7.11 Å². The molecule has 4 atom stereocenters. The Hall–Kier alpha value is -2.50. The summed E-state index contributed by atoms with van der Waals surface area (Å²) in [4.78, 5) is 0. The van der Waals surface area contributed by atoms with Gasteiger partial charge in [-0.3, -0.25) is 0 Å². The highest BCUT2D eigenvalue weighted by Gasteiger charge is 2.59. The fraction of sp³-hybridized carbons (Fsp3) is 0.280. The highest BCUT2D eigenvalue weighted by Crippen LogP contribution is 2.44. The molecule has 29 heavy (non-hydrogen) atoms. The molecule has 2 aliphatic heterocycles. The standard InChI is InChI=1S/C25H24O4/c1-26-24-23-22(29-23)21(28-24)17-27-25(18-11-5-2-6-12-18,19-13-7-3-8-14-19)20-15-9-4-10-16-20/h2-16,21-24H,17H2,1H3/t21-,22-,23-,24+/m0/s1. The van der Waals surface area contributed by atoms with Gasteiger partial charge in [-0.1, -0.05) is 91.0 Å². The van der Waals surface area contributed by atoms with Gasteiger partial charge in [0.1, 0.15) is 23.9 Å². The first kappa shape index (κ1) is 18.5. The van der Waals surface area contributed by atoms with Crippen LogP contribution in [0, 0.1) is 0 Å². The second-order valence-electron chi connectivity index (χ2n) is 7.43. The number of ether oxygens (including phenoxy) is 4. The third-order valence-electron chi connectivity index (χ3n) is 5.74. The second-order valence-corrected chi connectivity index (χ2v) is 7.43. The van der Waals surface area contributed by atoms with Crippen LogP contribution in [0.25, 0.3) is 0 Å². The van der Waals surface area contributed by atoms with Gasteiger partial charge < -0.3 is 18.9 Å². The van der Waals surface area contributed by atoms with Gasteiger partial charge in [0.05, 0.1) is 6.61 Å². The van der Waals surface area contributed by atoms with Gasteiger partial charge in [-0.05, 0) is 16.7 Å². The van der Waals surface area contributed by atoms with Gasteiger partial charge >= 0.3 is 0 Å². The number of epoxide rings is 1. The predicted octanol–water partition coefficient (Wildman–Crippen LogP) is 4.13. The van der Waals surface area contributed by atoms with Crippen LogP contribution in [0.2, 0.25) is 0 Å².